The largest absolute Gasteiger partial charge is 0.446 e. The van der Waals surface area contributed by atoms with Gasteiger partial charge in [-0.1, -0.05) is 48.0 Å². The van der Waals surface area contributed by atoms with E-state index < -0.39 is 18.0 Å². The highest BCUT2D eigenvalue weighted by molar-refractivity contribution is 5.81. The van der Waals surface area contributed by atoms with Crippen molar-refractivity contribution >= 4 is 11.9 Å². The first-order valence-corrected chi connectivity index (χ1v) is 6.57. The second kappa shape index (κ2) is 6.70. The Morgan fingerprint density at radius 3 is 2.14 bits per heavy atom. The van der Waals surface area contributed by atoms with Gasteiger partial charge in [-0.25, -0.2) is 4.79 Å². The van der Waals surface area contributed by atoms with E-state index in [0.29, 0.717) is 11.3 Å². The van der Waals surface area contributed by atoms with Gasteiger partial charge in [-0.15, -0.1) is 0 Å². The first-order valence-electron chi connectivity index (χ1n) is 6.57. The Kier molecular flexibility index (Phi) is 4.72. The SMILES string of the molecule is CC(=O)OC(C(=O)Oc1ccc(C)cc1)c1ccccc1. The lowest BCUT2D eigenvalue weighted by molar-refractivity contribution is -0.161. The predicted molar refractivity (Wildman–Crippen MR) is 77.8 cm³/mol. The zero-order valence-electron chi connectivity index (χ0n) is 11.9. The summed E-state index contributed by atoms with van der Waals surface area (Å²) >= 11 is 0. The average molecular weight is 284 g/mol. The lowest BCUT2D eigenvalue weighted by Crippen LogP contribution is -2.23. The Morgan fingerprint density at radius 1 is 0.952 bits per heavy atom. The second-order valence-corrected chi connectivity index (χ2v) is 4.63. The van der Waals surface area contributed by atoms with Crippen LogP contribution in [-0.2, 0) is 14.3 Å². The summed E-state index contributed by atoms with van der Waals surface area (Å²) in [6.45, 7) is 3.20. The summed E-state index contributed by atoms with van der Waals surface area (Å²) in [7, 11) is 0. The van der Waals surface area contributed by atoms with Crippen LogP contribution in [0.3, 0.4) is 0 Å². The van der Waals surface area contributed by atoms with Crippen LogP contribution in [0, 0.1) is 6.92 Å². The van der Waals surface area contributed by atoms with E-state index in [9.17, 15) is 9.59 Å². The molecule has 108 valence electrons. The molecule has 0 bridgehead atoms. The number of hydrogen-bond acceptors (Lipinski definition) is 4. The van der Waals surface area contributed by atoms with Crippen LogP contribution in [0.1, 0.15) is 24.2 Å². The normalized spacial score (nSPS) is 11.5. The van der Waals surface area contributed by atoms with Gasteiger partial charge in [0.15, 0.2) is 0 Å². The van der Waals surface area contributed by atoms with Crippen molar-refractivity contribution in [2.75, 3.05) is 0 Å². The molecule has 1 atom stereocenters. The molecule has 0 saturated heterocycles. The zero-order valence-corrected chi connectivity index (χ0v) is 11.9. The van der Waals surface area contributed by atoms with Gasteiger partial charge in [-0.2, -0.15) is 0 Å². The summed E-state index contributed by atoms with van der Waals surface area (Å²) < 4.78 is 10.4. The molecule has 4 heteroatoms. The number of benzene rings is 2. The molecule has 0 spiro atoms. The summed E-state index contributed by atoms with van der Waals surface area (Å²) in [6.07, 6.45) is -1.06. The Labute approximate surface area is 123 Å². The molecule has 0 radical (unpaired) electrons. The number of esters is 2. The highest BCUT2D eigenvalue weighted by Gasteiger charge is 2.25. The topological polar surface area (TPSA) is 52.6 Å². The third-order valence-electron chi connectivity index (χ3n) is 2.84. The minimum absolute atomic E-state index is 0.415. The lowest BCUT2D eigenvalue weighted by Gasteiger charge is -2.16. The van der Waals surface area contributed by atoms with Gasteiger partial charge in [0, 0.05) is 12.5 Å². The molecule has 0 saturated carbocycles. The van der Waals surface area contributed by atoms with Crippen molar-refractivity contribution in [1.29, 1.82) is 0 Å². The van der Waals surface area contributed by atoms with Gasteiger partial charge >= 0.3 is 11.9 Å². The molecule has 0 N–H and O–H groups in total. The van der Waals surface area contributed by atoms with E-state index in [1.54, 1.807) is 36.4 Å². The van der Waals surface area contributed by atoms with Crippen molar-refractivity contribution in [3.63, 3.8) is 0 Å². The summed E-state index contributed by atoms with van der Waals surface area (Å²) in [5, 5.41) is 0. The van der Waals surface area contributed by atoms with Crippen molar-refractivity contribution in [3.05, 3.63) is 65.7 Å². The van der Waals surface area contributed by atoms with E-state index in [2.05, 4.69) is 0 Å². The van der Waals surface area contributed by atoms with Crippen LogP contribution in [0.5, 0.6) is 5.75 Å². The highest BCUT2D eigenvalue weighted by atomic mass is 16.6. The fourth-order valence-electron chi connectivity index (χ4n) is 1.82. The van der Waals surface area contributed by atoms with Crippen LogP contribution in [0.2, 0.25) is 0 Å². The molecule has 4 nitrogen and oxygen atoms in total. The van der Waals surface area contributed by atoms with Crippen molar-refractivity contribution < 1.29 is 19.1 Å². The van der Waals surface area contributed by atoms with Gasteiger partial charge in [-0.3, -0.25) is 4.79 Å². The van der Waals surface area contributed by atoms with E-state index in [0.717, 1.165) is 5.56 Å². The smallest absolute Gasteiger partial charge is 0.357 e. The van der Waals surface area contributed by atoms with Crippen LogP contribution in [-0.4, -0.2) is 11.9 Å². The summed E-state index contributed by atoms with van der Waals surface area (Å²) in [5.74, 6) is -0.747. The molecule has 0 amide bonds. The van der Waals surface area contributed by atoms with Crippen LogP contribution >= 0.6 is 0 Å². The Bertz CT molecular complexity index is 617. The van der Waals surface area contributed by atoms with Gasteiger partial charge in [0.2, 0.25) is 6.10 Å². The van der Waals surface area contributed by atoms with Crippen molar-refractivity contribution in [2.45, 2.75) is 20.0 Å². The van der Waals surface area contributed by atoms with Crippen LogP contribution in [0.4, 0.5) is 0 Å². The Hall–Kier alpha value is -2.62. The number of ether oxygens (including phenoxy) is 2. The molecule has 0 fully saturated rings. The molecule has 0 aliphatic carbocycles. The summed E-state index contributed by atoms with van der Waals surface area (Å²) in [5.41, 5.74) is 1.64. The fourth-order valence-corrected chi connectivity index (χ4v) is 1.82. The quantitative estimate of drug-likeness (QED) is 0.639. The average Bonchev–Trinajstić information content (AvgIpc) is 2.48. The number of carbonyl (C=O) groups excluding carboxylic acids is 2. The molecule has 2 aromatic rings. The van der Waals surface area contributed by atoms with Gasteiger partial charge in [0.1, 0.15) is 5.75 Å². The monoisotopic (exact) mass is 284 g/mol. The third kappa shape index (κ3) is 4.18. The maximum atomic E-state index is 12.2. The number of carbonyl (C=O) groups is 2. The molecule has 1 unspecified atom stereocenters. The molecule has 0 aliphatic rings. The van der Waals surface area contributed by atoms with E-state index >= 15 is 0 Å². The van der Waals surface area contributed by atoms with Gasteiger partial charge in [0.05, 0.1) is 0 Å². The lowest BCUT2D eigenvalue weighted by atomic mass is 10.1. The molecular formula is C17H16O4. The van der Waals surface area contributed by atoms with E-state index in [1.807, 2.05) is 25.1 Å². The number of rotatable bonds is 4. The van der Waals surface area contributed by atoms with E-state index in [4.69, 9.17) is 9.47 Å². The molecule has 2 aromatic carbocycles. The highest BCUT2D eigenvalue weighted by Crippen LogP contribution is 2.21. The Balaban J connectivity index is 2.18. The van der Waals surface area contributed by atoms with Crippen LogP contribution in [0.15, 0.2) is 54.6 Å². The first-order chi connectivity index (χ1) is 10.1. The molecule has 0 aromatic heterocycles. The third-order valence-corrected chi connectivity index (χ3v) is 2.84. The van der Waals surface area contributed by atoms with Gasteiger partial charge in [0.25, 0.3) is 0 Å². The second-order valence-electron chi connectivity index (χ2n) is 4.63. The first kappa shape index (κ1) is 14.8. The van der Waals surface area contributed by atoms with Gasteiger partial charge < -0.3 is 9.47 Å². The number of hydrogen-bond donors (Lipinski definition) is 0. The standard InChI is InChI=1S/C17H16O4/c1-12-8-10-15(11-9-12)21-17(19)16(20-13(2)18)14-6-4-3-5-7-14/h3-11,16H,1-2H3. The minimum Gasteiger partial charge on any atom is -0.446 e. The summed E-state index contributed by atoms with van der Waals surface area (Å²) in [6, 6.07) is 15.9. The predicted octanol–water partition coefficient (Wildman–Crippen LogP) is 3.20. The maximum absolute atomic E-state index is 12.2. The summed E-state index contributed by atoms with van der Waals surface area (Å²) in [4.78, 5) is 23.4. The minimum atomic E-state index is -1.06. The number of aryl methyl sites for hydroxylation is 1. The molecular weight excluding hydrogens is 268 g/mol. The Morgan fingerprint density at radius 2 is 1.57 bits per heavy atom. The van der Waals surface area contributed by atoms with E-state index in [-0.39, 0.29) is 0 Å². The van der Waals surface area contributed by atoms with Crippen LogP contribution < -0.4 is 4.74 Å². The molecule has 2 rings (SSSR count). The molecule has 0 aliphatic heterocycles. The van der Waals surface area contributed by atoms with Gasteiger partial charge in [-0.05, 0) is 19.1 Å². The molecule has 21 heavy (non-hydrogen) atoms. The van der Waals surface area contributed by atoms with Crippen LogP contribution in [0.25, 0.3) is 0 Å². The zero-order chi connectivity index (χ0) is 15.2. The van der Waals surface area contributed by atoms with Crippen molar-refractivity contribution in [1.82, 2.24) is 0 Å². The van der Waals surface area contributed by atoms with Crippen molar-refractivity contribution in [2.24, 2.45) is 0 Å². The van der Waals surface area contributed by atoms with E-state index in [1.165, 1.54) is 6.92 Å². The maximum Gasteiger partial charge on any atom is 0.357 e. The van der Waals surface area contributed by atoms with Crippen molar-refractivity contribution in [3.8, 4) is 5.75 Å². The fraction of sp³-hybridized carbons (Fsp3) is 0.176. The molecule has 0 heterocycles.